The minimum absolute atomic E-state index is 0.0512. The molecule has 1 amide bonds. The van der Waals surface area contributed by atoms with Gasteiger partial charge in [-0.1, -0.05) is 12.1 Å². The molecule has 0 bridgehead atoms. The quantitative estimate of drug-likeness (QED) is 0.711. The van der Waals surface area contributed by atoms with Crippen molar-refractivity contribution in [3.8, 4) is 17.1 Å². The third-order valence-corrected chi connectivity index (χ3v) is 7.63. The highest BCUT2D eigenvalue weighted by atomic mass is 32.2. The lowest BCUT2D eigenvalue weighted by atomic mass is 9.87. The van der Waals surface area contributed by atoms with Crippen molar-refractivity contribution in [3.63, 3.8) is 0 Å². The normalized spacial score (nSPS) is 19.5. The number of sulfone groups is 1. The lowest BCUT2D eigenvalue weighted by Gasteiger charge is -2.26. The summed E-state index contributed by atoms with van der Waals surface area (Å²) in [6, 6.07) is 5.01. The van der Waals surface area contributed by atoms with Crippen LogP contribution in [0.5, 0.6) is 5.75 Å². The van der Waals surface area contributed by atoms with Crippen LogP contribution in [-0.2, 0) is 14.6 Å². The second-order valence-corrected chi connectivity index (χ2v) is 10.3. The number of hydrogen-bond donors (Lipinski definition) is 1. The first-order valence-corrected chi connectivity index (χ1v) is 12.0. The molecule has 7 nitrogen and oxygen atoms in total. The minimum atomic E-state index is -3.73. The topological polar surface area (TPSA) is 98.5 Å². The summed E-state index contributed by atoms with van der Waals surface area (Å²) in [5, 5.41) is 6.92. The monoisotopic (exact) mass is 434 g/mol. The van der Waals surface area contributed by atoms with Crippen LogP contribution < -0.4 is 10.1 Å². The van der Waals surface area contributed by atoms with E-state index in [1.165, 1.54) is 13.2 Å². The standard InChI is InChI=1S/C22H30N2O5S/c1-14-5-8-18(9-6-14)23-21(25)11-12-30(26,27)20-13-17(7-10-19(20)28-4)22-15(2)16(3)24-29-22/h7,10,13-14,18H,5-6,8-9,11-12H2,1-4H3,(H,23,25). The maximum absolute atomic E-state index is 13.0. The molecule has 2 aromatic rings. The molecule has 0 unspecified atom stereocenters. The number of rotatable bonds is 7. The Hall–Kier alpha value is -2.35. The Morgan fingerprint density at radius 3 is 2.53 bits per heavy atom. The van der Waals surface area contributed by atoms with Crippen LogP contribution in [0.2, 0.25) is 0 Å². The smallest absolute Gasteiger partial charge is 0.221 e. The summed E-state index contributed by atoms with van der Waals surface area (Å²) in [4.78, 5) is 12.4. The van der Waals surface area contributed by atoms with Gasteiger partial charge in [-0.15, -0.1) is 0 Å². The van der Waals surface area contributed by atoms with E-state index < -0.39 is 9.84 Å². The van der Waals surface area contributed by atoms with E-state index in [1.807, 2.05) is 13.8 Å². The molecule has 30 heavy (non-hydrogen) atoms. The first kappa shape index (κ1) is 22.3. The van der Waals surface area contributed by atoms with E-state index in [9.17, 15) is 13.2 Å². The summed E-state index contributed by atoms with van der Waals surface area (Å²) in [6.07, 6.45) is 4.00. The molecule has 0 radical (unpaired) electrons. The summed E-state index contributed by atoms with van der Waals surface area (Å²) in [5.41, 5.74) is 2.21. The molecule has 3 rings (SSSR count). The molecule has 1 aliphatic rings. The molecule has 1 aliphatic carbocycles. The third-order valence-electron chi connectivity index (χ3n) is 5.90. The van der Waals surface area contributed by atoms with Crippen molar-refractivity contribution in [2.45, 2.75) is 63.8 Å². The van der Waals surface area contributed by atoms with Crippen LogP contribution in [0.25, 0.3) is 11.3 Å². The maximum atomic E-state index is 13.0. The number of hydrogen-bond acceptors (Lipinski definition) is 6. The van der Waals surface area contributed by atoms with E-state index in [2.05, 4.69) is 17.4 Å². The molecule has 1 aromatic carbocycles. The SMILES string of the molecule is COc1ccc(-c2onc(C)c2C)cc1S(=O)(=O)CCC(=O)NC1CCC(C)CC1. The summed E-state index contributed by atoms with van der Waals surface area (Å²) < 4.78 is 36.7. The number of nitrogens with one attached hydrogen (secondary N) is 1. The first-order valence-electron chi connectivity index (χ1n) is 10.3. The highest BCUT2D eigenvalue weighted by Crippen LogP contribution is 2.33. The van der Waals surface area contributed by atoms with Gasteiger partial charge in [0.25, 0.3) is 0 Å². The van der Waals surface area contributed by atoms with Crippen LogP contribution >= 0.6 is 0 Å². The second-order valence-electron chi connectivity index (χ2n) is 8.18. The van der Waals surface area contributed by atoms with Crippen LogP contribution in [0, 0.1) is 19.8 Å². The van der Waals surface area contributed by atoms with Crippen molar-refractivity contribution < 1.29 is 22.5 Å². The van der Waals surface area contributed by atoms with E-state index in [0.717, 1.165) is 36.9 Å². The fraction of sp³-hybridized carbons (Fsp3) is 0.545. The lowest BCUT2D eigenvalue weighted by Crippen LogP contribution is -2.38. The minimum Gasteiger partial charge on any atom is -0.495 e. The fourth-order valence-corrected chi connectivity index (χ4v) is 5.23. The molecule has 1 saturated carbocycles. The van der Waals surface area contributed by atoms with Crippen molar-refractivity contribution in [2.24, 2.45) is 5.92 Å². The van der Waals surface area contributed by atoms with Gasteiger partial charge in [-0.05, 0) is 63.6 Å². The fourth-order valence-electron chi connectivity index (χ4n) is 3.79. The van der Waals surface area contributed by atoms with Gasteiger partial charge in [0.2, 0.25) is 5.91 Å². The maximum Gasteiger partial charge on any atom is 0.221 e. The van der Waals surface area contributed by atoms with Gasteiger partial charge in [0.05, 0.1) is 18.6 Å². The molecule has 1 aromatic heterocycles. The van der Waals surface area contributed by atoms with E-state index in [4.69, 9.17) is 9.26 Å². The molecule has 0 atom stereocenters. The number of carbonyl (C=O) groups is 1. The Kier molecular flexibility index (Phi) is 6.85. The zero-order valence-corrected chi connectivity index (χ0v) is 18.8. The number of benzene rings is 1. The van der Waals surface area contributed by atoms with Crippen molar-refractivity contribution in [2.75, 3.05) is 12.9 Å². The number of carbonyl (C=O) groups excluding carboxylic acids is 1. The average molecular weight is 435 g/mol. The van der Waals surface area contributed by atoms with Crippen LogP contribution in [-0.4, -0.2) is 38.4 Å². The Labute approximate surface area is 178 Å². The number of methoxy groups -OCH3 is 1. The lowest BCUT2D eigenvalue weighted by molar-refractivity contribution is -0.121. The largest absolute Gasteiger partial charge is 0.495 e. The van der Waals surface area contributed by atoms with Crippen LogP contribution in [0.15, 0.2) is 27.6 Å². The van der Waals surface area contributed by atoms with E-state index in [0.29, 0.717) is 17.2 Å². The van der Waals surface area contributed by atoms with Gasteiger partial charge in [0.1, 0.15) is 10.6 Å². The average Bonchev–Trinajstić information content (AvgIpc) is 3.06. The zero-order valence-electron chi connectivity index (χ0n) is 18.0. The molecular weight excluding hydrogens is 404 g/mol. The zero-order chi connectivity index (χ0) is 21.9. The summed E-state index contributed by atoms with van der Waals surface area (Å²) in [7, 11) is -2.31. The predicted octanol–water partition coefficient (Wildman–Crippen LogP) is 3.83. The third kappa shape index (κ3) is 5.03. The molecule has 1 fully saturated rings. The first-order chi connectivity index (χ1) is 14.2. The molecule has 8 heteroatoms. The molecule has 164 valence electrons. The Balaban J connectivity index is 1.73. The number of aromatic nitrogens is 1. The summed E-state index contributed by atoms with van der Waals surface area (Å²) in [5.74, 6) is 0.950. The van der Waals surface area contributed by atoms with Gasteiger partial charge in [0.15, 0.2) is 15.6 Å². The molecule has 1 heterocycles. The highest BCUT2D eigenvalue weighted by molar-refractivity contribution is 7.91. The Bertz CT molecular complexity index is 1000. The van der Waals surface area contributed by atoms with Gasteiger partial charge in [-0.25, -0.2) is 8.42 Å². The second kappa shape index (κ2) is 9.20. The Morgan fingerprint density at radius 1 is 1.23 bits per heavy atom. The molecule has 0 saturated heterocycles. The van der Waals surface area contributed by atoms with Gasteiger partial charge in [-0.2, -0.15) is 0 Å². The van der Waals surface area contributed by atoms with Gasteiger partial charge in [0, 0.05) is 23.6 Å². The molecule has 0 spiro atoms. The van der Waals surface area contributed by atoms with Crippen LogP contribution in [0.1, 0.15) is 50.3 Å². The van der Waals surface area contributed by atoms with E-state index >= 15 is 0 Å². The van der Waals surface area contributed by atoms with E-state index in [1.54, 1.807) is 12.1 Å². The van der Waals surface area contributed by atoms with Crippen molar-refractivity contribution in [3.05, 3.63) is 29.5 Å². The molecule has 0 aliphatic heterocycles. The van der Waals surface area contributed by atoms with Gasteiger partial charge >= 0.3 is 0 Å². The molecular formula is C22H30N2O5S. The highest BCUT2D eigenvalue weighted by Gasteiger charge is 2.25. The predicted molar refractivity (Wildman–Crippen MR) is 114 cm³/mol. The van der Waals surface area contributed by atoms with Gasteiger partial charge in [-0.3, -0.25) is 4.79 Å². The van der Waals surface area contributed by atoms with Crippen LogP contribution in [0.4, 0.5) is 0 Å². The van der Waals surface area contributed by atoms with Crippen molar-refractivity contribution in [1.29, 1.82) is 0 Å². The number of nitrogens with zero attached hydrogens (tertiary/aromatic N) is 1. The Morgan fingerprint density at radius 2 is 1.93 bits per heavy atom. The number of amides is 1. The summed E-state index contributed by atoms with van der Waals surface area (Å²) in [6.45, 7) is 5.92. The van der Waals surface area contributed by atoms with Crippen molar-refractivity contribution >= 4 is 15.7 Å². The number of aryl methyl sites for hydroxylation is 1. The molecule has 1 N–H and O–H groups in total. The number of ether oxygens (including phenoxy) is 1. The van der Waals surface area contributed by atoms with Crippen molar-refractivity contribution in [1.82, 2.24) is 10.5 Å². The van der Waals surface area contributed by atoms with E-state index in [-0.39, 0.29) is 34.8 Å². The van der Waals surface area contributed by atoms with Gasteiger partial charge < -0.3 is 14.6 Å². The van der Waals surface area contributed by atoms with Crippen LogP contribution in [0.3, 0.4) is 0 Å². The summed E-state index contributed by atoms with van der Waals surface area (Å²) >= 11 is 0.